The zero-order valence-electron chi connectivity index (χ0n) is 17.8. The second-order valence-electron chi connectivity index (χ2n) is 8.01. The van der Waals surface area contributed by atoms with Crippen LogP contribution in [0.1, 0.15) is 43.2 Å². The number of hydrogen-bond acceptors (Lipinski definition) is 4. The summed E-state index contributed by atoms with van der Waals surface area (Å²) in [5.74, 6) is 0.00259. The topological polar surface area (TPSA) is 58.8 Å². The highest BCUT2D eigenvalue weighted by atomic mass is 16.5. The molecule has 5 nitrogen and oxygen atoms in total. The molecule has 2 atom stereocenters. The van der Waals surface area contributed by atoms with E-state index in [9.17, 15) is 4.79 Å². The largest absolute Gasteiger partial charge is 0.399 e. The zero-order chi connectivity index (χ0) is 20.8. The first-order valence-corrected chi connectivity index (χ1v) is 10.5. The van der Waals surface area contributed by atoms with Gasteiger partial charge < -0.3 is 20.3 Å². The number of nitrogen functional groups attached to an aromatic ring is 1. The minimum atomic E-state index is -0.151. The SMILES string of the molecule is CC[C@H](C(=O)N(Cc1cc(N)ccc1N(C)C)C[C@@H]1CCCO1)c1ccccc1. The highest BCUT2D eigenvalue weighted by molar-refractivity contribution is 5.84. The molecule has 2 N–H and O–H groups in total. The predicted octanol–water partition coefficient (Wildman–Crippen LogP) is 4.04. The van der Waals surface area contributed by atoms with Crippen molar-refractivity contribution in [3.05, 3.63) is 59.7 Å². The van der Waals surface area contributed by atoms with E-state index in [2.05, 4.69) is 11.8 Å². The zero-order valence-corrected chi connectivity index (χ0v) is 17.8. The van der Waals surface area contributed by atoms with Crippen molar-refractivity contribution in [1.82, 2.24) is 4.90 Å². The molecule has 0 spiro atoms. The lowest BCUT2D eigenvalue weighted by Gasteiger charge is -2.31. The summed E-state index contributed by atoms with van der Waals surface area (Å²) in [6.07, 6.45) is 2.94. The Kier molecular flexibility index (Phi) is 7.15. The third kappa shape index (κ3) is 5.30. The first-order chi connectivity index (χ1) is 14.0. The van der Waals surface area contributed by atoms with Gasteiger partial charge in [0.15, 0.2) is 0 Å². The number of rotatable bonds is 8. The highest BCUT2D eigenvalue weighted by Gasteiger charge is 2.29. The van der Waals surface area contributed by atoms with E-state index in [0.717, 1.165) is 42.7 Å². The van der Waals surface area contributed by atoms with Gasteiger partial charge in [-0.2, -0.15) is 0 Å². The van der Waals surface area contributed by atoms with Gasteiger partial charge in [0.2, 0.25) is 5.91 Å². The summed E-state index contributed by atoms with van der Waals surface area (Å²) in [4.78, 5) is 17.7. The molecule has 0 bridgehead atoms. The molecule has 5 heteroatoms. The first kappa shape index (κ1) is 21.2. The molecule has 1 heterocycles. The van der Waals surface area contributed by atoms with Crippen molar-refractivity contribution in [2.45, 2.75) is 44.8 Å². The predicted molar refractivity (Wildman–Crippen MR) is 119 cm³/mol. The molecule has 0 unspecified atom stereocenters. The number of nitrogens with zero attached hydrogens (tertiary/aromatic N) is 2. The van der Waals surface area contributed by atoms with Crippen LogP contribution in [0.25, 0.3) is 0 Å². The molecule has 1 saturated heterocycles. The molecule has 156 valence electrons. The maximum Gasteiger partial charge on any atom is 0.230 e. The number of carbonyl (C=O) groups excluding carboxylic acids is 1. The molecule has 1 fully saturated rings. The lowest BCUT2D eigenvalue weighted by atomic mass is 9.94. The normalized spacial score (nSPS) is 17.1. The minimum Gasteiger partial charge on any atom is -0.399 e. The van der Waals surface area contributed by atoms with Crippen LogP contribution < -0.4 is 10.6 Å². The van der Waals surface area contributed by atoms with Gasteiger partial charge in [-0.1, -0.05) is 37.3 Å². The van der Waals surface area contributed by atoms with Gasteiger partial charge in [0.05, 0.1) is 12.0 Å². The Labute approximate surface area is 174 Å². The average molecular weight is 396 g/mol. The van der Waals surface area contributed by atoms with Gasteiger partial charge in [0.1, 0.15) is 0 Å². The Bertz CT molecular complexity index is 801. The third-order valence-corrected chi connectivity index (χ3v) is 5.61. The molecule has 0 radical (unpaired) electrons. The Morgan fingerprint density at radius 1 is 1.21 bits per heavy atom. The van der Waals surface area contributed by atoms with Gasteiger partial charge in [-0.25, -0.2) is 0 Å². The summed E-state index contributed by atoms with van der Waals surface area (Å²) < 4.78 is 5.86. The molecule has 0 saturated carbocycles. The fourth-order valence-corrected chi connectivity index (χ4v) is 4.10. The van der Waals surface area contributed by atoms with Crippen LogP contribution in [-0.4, -0.2) is 44.2 Å². The summed E-state index contributed by atoms with van der Waals surface area (Å²) in [7, 11) is 4.03. The summed E-state index contributed by atoms with van der Waals surface area (Å²) in [5.41, 5.74) is 9.99. The van der Waals surface area contributed by atoms with E-state index in [-0.39, 0.29) is 17.9 Å². The third-order valence-electron chi connectivity index (χ3n) is 5.61. The van der Waals surface area contributed by atoms with Gasteiger partial charge >= 0.3 is 0 Å². The number of amides is 1. The number of hydrogen-bond donors (Lipinski definition) is 1. The van der Waals surface area contributed by atoms with Crippen LogP contribution in [0.5, 0.6) is 0 Å². The smallest absolute Gasteiger partial charge is 0.230 e. The summed E-state index contributed by atoms with van der Waals surface area (Å²) >= 11 is 0. The molecule has 0 aliphatic carbocycles. The van der Waals surface area contributed by atoms with E-state index in [1.54, 1.807) is 0 Å². The molecule has 1 aliphatic heterocycles. The standard InChI is InChI=1S/C24H33N3O2/c1-4-22(18-9-6-5-7-10-18)24(28)27(17-21-11-8-14-29-21)16-19-15-20(25)12-13-23(19)26(2)3/h5-7,9-10,12-13,15,21-22H,4,8,11,14,16-17,25H2,1-3H3/t21-,22-/m0/s1. The van der Waals surface area contributed by atoms with Crippen molar-refractivity contribution >= 4 is 17.3 Å². The molecule has 3 rings (SSSR count). The van der Waals surface area contributed by atoms with Crippen molar-refractivity contribution in [2.75, 3.05) is 37.9 Å². The van der Waals surface area contributed by atoms with E-state index >= 15 is 0 Å². The number of carbonyl (C=O) groups is 1. The lowest BCUT2D eigenvalue weighted by molar-refractivity contribution is -0.135. The molecule has 29 heavy (non-hydrogen) atoms. The van der Waals surface area contributed by atoms with E-state index in [4.69, 9.17) is 10.5 Å². The molecule has 2 aromatic carbocycles. The molecular formula is C24H33N3O2. The highest BCUT2D eigenvalue weighted by Crippen LogP contribution is 2.28. The van der Waals surface area contributed by atoms with Gasteiger partial charge in [0, 0.05) is 45.2 Å². The van der Waals surface area contributed by atoms with Crippen molar-refractivity contribution in [2.24, 2.45) is 0 Å². The summed E-state index contributed by atoms with van der Waals surface area (Å²) in [6, 6.07) is 16.0. The van der Waals surface area contributed by atoms with Gasteiger partial charge in [0.25, 0.3) is 0 Å². The van der Waals surface area contributed by atoms with Crippen LogP contribution in [0.2, 0.25) is 0 Å². The number of nitrogens with two attached hydrogens (primary N) is 1. The van der Waals surface area contributed by atoms with Crippen LogP contribution in [0.4, 0.5) is 11.4 Å². The van der Waals surface area contributed by atoms with Gasteiger partial charge in [-0.05, 0) is 48.6 Å². The molecule has 0 aromatic heterocycles. The maximum absolute atomic E-state index is 13.7. The monoisotopic (exact) mass is 395 g/mol. The molecular weight excluding hydrogens is 362 g/mol. The van der Waals surface area contributed by atoms with E-state index in [1.807, 2.05) is 67.5 Å². The second kappa shape index (κ2) is 9.79. The van der Waals surface area contributed by atoms with E-state index < -0.39 is 0 Å². The molecule has 2 aromatic rings. The van der Waals surface area contributed by atoms with Crippen LogP contribution in [-0.2, 0) is 16.1 Å². The first-order valence-electron chi connectivity index (χ1n) is 10.5. The fourth-order valence-electron chi connectivity index (χ4n) is 4.10. The van der Waals surface area contributed by atoms with Crippen LogP contribution in [0, 0.1) is 0 Å². The van der Waals surface area contributed by atoms with Crippen molar-refractivity contribution in [3.8, 4) is 0 Å². The van der Waals surface area contributed by atoms with Crippen LogP contribution in [0.3, 0.4) is 0 Å². The average Bonchev–Trinajstić information content (AvgIpc) is 3.22. The summed E-state index contributed by atoms with van der Waals surface area (Å²) in [5, 5.41) is 0. The van der Waals surface area contributed by atoms with Crippen molar-refractivity contribution < 1.29 is 9.53 Å². The Balaban J connectivity index is 1.90. The quantitative estimate of drug-likeness (QED) is 0.686. The minimum absolute atomic E-state index is 0.107. The van der Waals surface area contributed by atoms with Gasteiger partial charge in [-0.3, -0.25) is 4.79 Å². The Morgan fingerprint density at radius 2 is 1.97 bits per heavy atom. The second-order valence-corrected chi connectivity index (χ2v) is 8.01. The van der Waals surface area contributed by atoms with E-state index in [0.29, 0.717) is 18.8 Å². The number of anilines is 2. The molecule has 1 amide bonds. The Morgan fingerprint density at radius 3 is 2.59 bits per heavy atom. The maximum atomic E-state index is 13.7. The lowest BCUT2D eigenvalue weighted by Crippen LogP contribution is -2.40. The van der Waals surface area contributed by atoms with Crippen LogP contribution >= 0.6 is 0 Å². The molecule has 1 aliphatic rings. The summed E-state index contributed by atoms with van der Waals surface area (Å²) in [6.45, 7) is 4.00. The van der Waals surface area contributed by atoms with Crippen molar-refractivity contribution in [1.29, 1.82) is 0 Å². The van der Waals surface area contributed by atoms with Crippen LogP contribution in [0.15, 0.2) is 48.5 Å². The van der Waals surface area contributed by atoms with Gasteiger partial charge in [-0.15, -0.1) is 0 Å². The number of ether oxygens (including phenoxy) is 1. The number of benzene rings is 2. The fraction of sp³-hybridized carbons (Fsp3) is 0.458. The van der Waals surface area contributed by atoms with Crippen molar-refractivity contribution in [3.63, 3.8) is 0 Å². The van der Waals surface area contributed by atoms with E-state index in [1.165, 1.54) is 0 Å². The Hall–Kier alpha value is -2.53.